The molecule has 6 aliphatic rings. The van der Waals surface area contributed by atoms with Crippen LogP contribution in [0.15, 0.2) is 93.9 Å². The molecule has 9 aromatic rings. The van der Waals surface area contributed by atoms with Gasteiger partial charge in [-0.3, -0.25) is 0 Å². The number of aromatic nitrogens is 3. The Hall–Kier alpha value is -11.5. The van der Waals surface area contributed by atoms with E-state index in [1.165, 1.54) is 0 Å². The van der Waals surface area contributed by atoms with E-state index < -0.39 is 309 Å². The van der Waals surface area contributed by atoms with Crippen molar-refractivity contribution in [3.8, 4) is 0 Å². The average molecular weight is 1420 g/mol. The first-order chi connectivity index (χ1) is 47.3. The summed E-state index contributed by atoms with van der Waals surface area (Å²) in [6.07, 6.45) is 4.72. The lowest BCUT2D eigenvalue weighted by Gasteiger charge is -2.25. The highest BCUT2D eigenvalue weighted by Crippen LogP contribution is 2.55. The summed E-state index contributed by atoms with van der Waals surface area (Å²) in [5.41, 5.74) is -30.2. The molecule has 0 saturated heterocycles. The van der Waals surface area contributed by atoms with Crippen molar-refractivity contribution in [1.82, 2.24) is 14.5 Å². The zero-order valence-electron chi connectivity index (χ0n) is 47.5. The molecule has 100 heavy (non-hydrogen) atoms. The number of fused-ring (bicyclic) bond motifs is 11. The fraction of sp³-hybridized carbons (Fsp3) is 0.0303. The Morgan fingerprint density at radius 1 is 0.290 bits per heavy atom. The topological polar surface area (TPSA) is 64.5 Å². The largest absolute Gasteiger partial charge is 0.355 e. The second-order valence-corrected chi connectivity index (χ2v) is 22.2. The van der Waals surface area contributed by atoms with Crippen LogP contribution in [0.25, 0.3) is 44.8 Å². The van der Waals surface area contributed by atoms with Crippen LogP contribution in [0.3, 0.4) is 0 Å². The average Bonchev–Trinajstić information content (AvgIpc) is 1.54. The molecule has 0 amide bonds. The molecule has 16 bridgehead atoms. The third-order valence-electron chi connectivity index (χ3n) is 17.2. The highest BCUT2D eigenvalue weighted by atomic mass is 19.2. The normalized spacial score (nSPS) is 19.3. The standard InChI is InChI=1S/C66H16F28N6/c67-37-31(38(68)48(78)57(87)47(37)77)25-13-1-5-17(95-13)27(33-41(71)51(81)59(89)52(82)42(33)72)21-9-11-23-30(36-46(76)56(86)61(91)63(93)65(36)99(21)23)20-8-4-16(98-20)26(32-39(69)49(79)58(88)50(80)40(32)70)14-2-6-18(96-14)28(34-43(73)53(83)60(90)54(84)44(34)74)22-10-12-24-29(19-7-3-15(25)97-19)35-45(75)55(85)62(92)64(94)66(35)100(22)24/h1-12,21,24,95-96H/b25-13+,26-16+,27-17+,28-22+,29-19?. The Labute approximate surface area is 533 Å². The van der Waals surface area contributed by atoms with Crippen LogP contribution in [0, 0.1) is 163 Å². The highest BCUT2D eigenvalue weighted by molar-refractivity contribution is 6.31. The summed E-state index contributed by atoms with van der Waals surface area (Å²) in [5, 5.41) is -3.88. The number of allylic oxidation sites excluding steroid dienone is 6. The molecule has 6 nitrogen and oxygen atoms in total. The van der Waals surface area contributed by atoms with Crippen molar-refractivity contribution < 1.29 is 123 Å². The first-order valence-electron chi connectivity index (χ1n) is 27.7. The zero-order chi connectivity index (χ0) is 71.6. The molecular formula is C66H16F28N6. The SMILES string of the molecule is Fc1c(F)c(F)c(/C2=C3\C=CC(=N3)c3c4n(c5c(F)c(F)c(F)c(F)c35)C(C=C4)/C(c3c(F)c(F)c(F)c(F)c3F)=c3/cc/c([nH]3)=C(\c3c(F)c(F)c(F)c(F)c3F)C3=NC(=C4c5c(F)c(F)c(F)c(F)c5N5/C(=C(/c6c(F)c(F)c(F)c(F)c6F)c6ccc2[nH]6)C=CC45)C=C3)c(F)c1F. The predicted molar refractivity (Wildman–Crippen MR) is 294 cm³/mol. The first kappa shape index (κ1) is 64.5. The van der Waals surface area contributed by atoms with E-state index in [0.717, 1.165) is 0 Å². The smallest absolute Gasteiger partial charge is 0.200 e. The Kier molecular flexibility index (Phi) is 14.2. The minimum Gasteiger partial charge on any atom is -0.355 e. The monoisotopic (exact) mass is 1420 g/mol. The predicted octanol–water partition coefficient (Wildman–Crippen LogP) is 16.6. The van der Waals surface area contributed by atoms with Gasteiger partial charge in [0.15, 0.2) is 140 Å². The Bertz CT molecular complexity index is 5790. The molecule has 15 rings (SSSR count). The molecular weight excluding hydrogens is 1410 g/mol. The van der Waals surface area contributed by atoms with Gasteiger partial charge in [-0.2, -0.15) is 0 Å². The number of benzene rings is 6. The minimum atomic E-state index is -2.88. The van der Waals surface area contributed by atoms with Gasteiger partial charge in [0.05, 0.1) is 85.1 Å². The van der Waals surface area contributed by atoms with Crippen molar-refractivity contribution in [1.29, 1.82) is 0 Å². The summed E-state index contributed by atoms with van der Waals surface area (Å²) >= 11 is 0. The van der Waals surface area contributed by atoms with Crippen molar-refractivity contribution in [2.45, 2.75) is 12.1 Å². The van der Waals surface area contributed by atoms with Crippen LogP contribution in [0.1, 0.15) is 56.5 Å². The number of aromatic amines is 2. The number of anilines is 1. The van der Waals surface area contributed by atoms with Crippen molar-refractivity contribution >= 4 is 62.0 Å². The Morgan fingerprint density at radius 2 is 0.690 bits per heavy atom. The van der Waals surface area contributed by atoms with Crippen molar-refractivity contribution in [3.05, 3.63) is 308 Å². The number of halogens is 28. The van der Waals surface area contributed by atoms with Crippen LogP contribution in [-0.4, -0.2) is 32.0 Å². The maximum absolute atomic E-state index is 16.9. The second kappa shape index (κ2) is 22.0. The van der Waals surface area contributed by atoms with Crippen LogP contribution in [0.4, 0.5) is 129 Å². The lowest BCUT2D eigenvalue weighted by Crippen LogP contribution is -2.26. The zero-order valence-corrected chi connectivity index (χ0v) is 47.5. The fourth-order valence-electron chi connectivity index (χ4n) is 13.0. The van der Waals surface area contributed by atoms with Gasteiger partial charge in [0.1, 0.15) is 0 Å². The molecule has 0 saturated carbocycles. The van der Waals surface area contributed by atoms with Gasteiger partial charge in [0, 0.05) is 61.1 Å². The Morgan fingerprint density at radius 3 is 1.23 bits per heavy atom. The quantitative estimate of drug-likeness (QED) is 0.103. The van der Waals surface area contributed by atoms with Crippen LogP contribution < -0.4 is 15.6 Å². The molecule has 506 valence electrons. The van der Waals surface area contributed by atoms with Crippen molar-refractivity contribution in [2.24, 2.45) is 9.98 Å². The molecule has 0 radical (unpaired) electrons. The number of nitrogens with zero attached hydrogens (tertiary/aromatic N) is 4. The molecule has 0 aliphatic carbocycles. The van der Waals surface area contributed by atoms with Gasteiger partial charge in [0.2, 0.25) is 23.3 Å². The molecule has 2 unspecified atom stereocenters. The van der Waals surface area contributed by atoms with Gasteiger partial charge in [-0.15, -0.1) is 0 Å². The minimum absolute atomic E-state index is 0.241. The summed E-state index contributed by atoms with van der Waals surface area (Å²) in [4.78, 5) is 12.9. The molecule has 34 heteroatoms. The van der Waals surface area contributed by atoms with E-state index in [9.17, 15) is 17.6 Å². The van der Waals surface area contributed by atoms with Crippen LogP contribution in [0.2, 0.25) is 0 Å². The number of nitrogens with one attached hydrogen (secondary N) is 2. The maximum atomic E-state index is 16.9. The molecule has 0 spiro atoms. The molecule has 0 fully saturated rings. The van der Waals surface area contributed by atoms with Crippen molar-refractivity contribution in [2.75, 3.05) is 4.90 Å². The third kappa shape index (κ3) is 8.40. The summed E-state index contributed by atoms with van der Waals surface area (Å²) in [5.74, 6) is -76.8. The van der Waals surface area contributed by atoms with E-state index >= 15 is 105 Å². The summed E-state index contributed by atoms with van der Waals surface area (Å²) < 4.78 is 449. The number of H-pyrrole nitrogens is 2. The van der Waals surface area contributed by atoms with E-state index in [4.69, 9.17) is 0 Å². The van der Waals surface area contributed by atoms with Crippen molar-refractivity contribution in [3.63, 3.8) is 0 Å². The van der Waals surface area contributed by atoms with E-state index in [1.807, 2.05) is 0 Å². The summed E-state index contributed by atoms with van der Waals surface area (Å²) in [6, 6.07) is -2.94. The molecule has 9 heterocycles. The van der Waals surface area contributed by atoms with Gasteiger partial charge in [0.25, 0.3) is 0 Å². The number of aliphatic imine (C=N–C) groups is 2. The second-order valence-electron chi connectivity index (χ2n) is 22.2. The van der Waals surface area contributed by atoms with E-state index in [1.54, 1.807) is 0 Å². The summed E-state index contributed by atoms with van der Waals surface area (Å²) in [6.45, 7) is 0. The summed E-state index contributed by atoms with van der Waals surface area (Å²) in [7, 11) is 0. The van der Waals surface area contributed by atoms with E-state index in [-0.39, 0.29) is 9.47 Å². The molecule has 6 aromatic carbocycles. The number of hydrogen-bond acceptors (Lipinski definition) is 3. The van der Waals surface area contributed by atoms with Crippen LogP contribution >= 0.6 is 0 Å². The van der Waals surface area contributed by atoms with E-state index in [0.29, 0.717) is 72.9 Å². The van der Waals surface area contributed by atoms with Crippen LogP contribution in [-0.2, 0) is 0 Å². The Balaban J connectivity index is 1.16. The van der Waals surface area contributed by atoms with Gasteiger partial charge in [-0.05, 0) is 60.7 Å². The van der Waals surface area contributed by atoms with Gasteiger partial charge < -0.3 is 19.4 Å². The van der Waals surface area contributed by atoms with Gasteiger partial charge in [-0.25, -0.2) is 133 Å². The lowest BCUT2D eigenvalue weighted by atomic mass is 9.95. The molecule has 2 N–H and O–H groups in total. The highest BCUT2D eigenvalue weighted by Gasteiger charge is 2.49. The van der Waals surface area contributed by atoms with Gasteiger partial charge >= 0.3 is 0 Å². The number of rotatable bonds is 4. The van der Waals surface area contributed by atoms with Gasteiger partial charge in [-0.1, -0.05) is 12.2 Å². The lowest BCUT2D eigenvalue weighted by molar-refractivity contribution is 0.375. The van der Waals surface area contributed by atoms with Crippen LogP contribution in [0.5, 0.6) is 0 Å². The molecule has 3 aromatic heterocycles. The third-order valence-corrected chi connectivity index (χ3v) is 17.2. The van der Waals surface area contributed by atoms with E-state index in [2.05, 4.69) is 20.0 Å². The maximum Gasteiger partial charge on any atom is 0.200 e. The fourth-order valence-corrected chi connectivity index (χ4v) is 13.0. The molecule has 2 atom stereocenters. The number of hydrogen-bond donors (Lipinski definition) is 2. The molecule has 6 aliphatic heterocycles. The first-order valence-corrected chi connectivity index (χ1v) is 27.7.